The van der Waals surface area contributed by atoms with Crippen LogP contribution in [0, 0.1) is 5.92 Å². The Labute approximate surface area is 259 Å². The molecule has 1 saturated carbocycles. The van der Waals surface area contributed by atoms with Crippen LogP contribution in [0.4, 0.5) is 0 Å². The topological polar surface area (TPSA) is 121 Å². The Morgan fingerprint density at radius 1 is 1.19 bits per heavy atom. The number of rotatable bonds is 6. The third-order valence-corrected chi connectivity index (χ3v) is 9.76. The van der Waals surface area contributed by atoms with Crippen LogP contribution in [0.25, 0.3) is 10.2 Å². The van der Waals surface area contributed by atoms with E-state index in [9.17, 15) is 19.5 Å². The van der Waals surface area contributed by atoms with Gasteiger partial charge >= 0.3 is 5.97 Å². The molecule has 3 N–H and O–H groups in total. The molecule has 0 bridgehead atoms. The van der Waals surface area contributed by atoms with Gasteiger partial charge in [0.2, 0.25) is 11.8 Å². The number of hydrogen-bond donors (Lipinski definition) is 3. The van der Waals surface area contributed by atoms with Crippen LogP contribution in [0.15, 0.2) is 60.7 Å². The number of nitrogens with zero attached hydrogens (tertiary/aromatic N) is 2. The van der Waals surface area contributed by atoms with Crippen molar-refractivity contribution < 1.29 is 24.2 Å². The number of carbonyl (C=O) groups excluding carboxylic acids is 2. The van der Waals surface area contributed by atoms with Crippen molar-refractivity contribution in [3.8, 4) is 5.19 Å². The molecule has 3 aliphatic rings. The molecule has 1 saturated heterocycles. The minimum absolute atomic E-state index is 0.178. The lowest BCUT2D eigenvalue weighted by Crippen LogP contribution is -2.55. The number of hydrogen-bond acceptors (Lipinski definition) is 7. The van der Waals surface area contributed by atoms with E-state index in [1.807, 2.05) is 54.6 Å². The van der Waals surface area contributed by atoms with E-state index < -0.39 is 35.6 Å². The summed E-state index contributed by atoms with van der Waals surface area (Å²) < 4.78 is 7.14. The number of nitrogens with one attached hydrogen (secondary N) is 2. The Kier molecular flexibility index (Phi) is 8.70. The fourth-order valence-corrected chi connectivity index (χ4v) is 7.27. The molecule has 1 aromatic heterocycles. The molecular weight excluding hydrogens is 588 g/mol. The summed E-state index contributed by atoms with van der Waals surface area (Å²) >= 11 is 7.51. The first kappa shape index (κ1) is 29.6. The Morgan fingerprint density at radius 3 is 2.84 bits per heavy atom. The van der Waals surface area contributed by atoms with E-state index in [2.05, 4.69) is 15.6 Å². The van der Waals surface area contributed by atoms with Crippen LogP contribution in [0.2, 0.25) is 5.02 Å². The average Bonchev–Trinajstić information content (AvgIpc) is 3.31. The third-order valence-electron chi connectivity index (χ3n) is 8.61. The van der Waals surface area contributed by atoms with Gasteiger partial charge in [-0.05, 0) is 49.4 Å². The zero-order chi connectivity index (χ0) is 30.0. The van der Waals surface area contributed by atoms with Gasteiger partial charge in [-0.25, -0.2) is 9.78 Å². The number of carbonyl (C=O) groups is 3. The van der Waals surface area contributed by atoms with Gasteiger partial charge in [0.25, 0.3) is 5.19 Å². The summed E-state index contributed by atoms with van der Waals surface area (Å²) in [7, 11) is 0. The lowest BCUT2D eigenvalue weighted by molar-refractivity contribution is -0.145. The molecule has 3 heterocycles. The number of carboxylic acids is 1. The van der Waals surface area contributed by atoms with Crippen LogP contribution < -0.4 is 15.4 Å². The molecule has 3 aromatic rings. The maximum absolute atomic E-state index is 14.2. The molecule has 2 aromatic carbocycles. The quantitative estimate of drug-likeness (QED) is 0.333. The summed E-state index contributed by atoms with van der Waals surface area (Å²) in [6.07, 6.45) is 8.24. The largest absolute Gasteiger partial charge is 0.479 e. The molecule has 6 rings (SSSR count). The number of carboxylic acid groups (broad SMARTS) is 1. The number of aromatic nitrogens is 1. The van der Waals surface area contributed by atoms with Gasteiger partial charge in [-0.15, -0.1) is 0 Å². The number of allylic oxidation sites excluding steroid dienone is 1. The molecular formula is C32H35ClN4O5S. The monoisotopic (exact) mass is 622 g/mol. The van der Waals surface area contributed by atoms with Crippen molar-refractivity contribution in [3.05, 3.63) is 71.3 Å². The fraction of sp³-hybridized carbons (Fsp3) is 0.438. The highest BCUT2D eigenvalue weighted by Gasteiger charge is 2.61. The molecule has 9 nitrogen and oxygen atoms in total. The van der Waals surface area contributed by atoms with E-state index in [0.29, 0.717) is 29.6 Å². The van der Waals surface area contributed by atoms with E-state index in [1.165, 1.54) is 11.3 Å². The van der Waals surface area contributed by atoms with E-state index in [-0.39, 0.29) is 24.8 Å². The first-order valence-corrected chi connectivity index (χ1v) is 16.0. The van der Waals surface area contributed by atoms with Crippen LogP contribution in [-0.4, -0.2) is 63.0 Å². The summed E-state index contributed by atoms with van der Waals surface area (Å²) in [5, 5.41) is 17.4. The summed E-state index contributed by atoms with van der Waals surface area (Å²) in [6, 6.07) is 14.0. The van der Waals surface area contributed by atoms with Crippen molar-refractivity contribution in [3.63, 3.8) is 0 Å². The Balaban J connectivity index is 1.26. The Morgan fingerprint density at radius 2 is 2.02 bits per heavy atom. The zero-order valence-electron chi connectivity index (χ0n) is 23.7. The van der Waals surface area contributed by atoms with Crippen molar-refractivity contribution in [2.45, 2.75) is 75.2 Å². The van der Waals surface area contributed by atoms with Gasteiger partial charge in [-0.3, -0.25) is 9.59 Å². The fourth-order valence-electron chi connectivity index (χ4n) is 6.11. The van der Waals surface area contributed by atoms with Crippen LogP contribution in [0.5, 0.6) is 5.19 Å². The lowest BCUT2D eigenvalue weighted by Gasteiger charge is -2.29. The van der Waals surface area contributed by atoms with Crippen LogP contribution in [0.1, 0.15) is 50.5 Å². The van der Waals surface area contributed by atoms with Crippen molar-refractivity contribution >= 4 is 50.9 Å². The standard InChI is InChI=1S/C32H35ClN4O5S/c33-22-13-14-24-27(15-22)43-31(35-24)42-23-16-26-28(38)36-32(30(40)41)17-21(32)11-7-2-1-3-8-12-25(29(39)37(26)19-23)34-18-20-9-5-4-6-10-20/h4-7,9-11,13-15,21,23,25-26,34H,1-3,8,12,16-19H2,(H,36,38)(H,40,41)/t21-,23-,25+,26+,32-/m1/s1. The highest BCUT2D eigenvalue weighted by Crippen LogP contribution is 2.45. The smallest absolute Gasteiger partial charge is 0.330 e. The second-order valence-corrected chi connectivity index (χ2v) is 13.1. The minimum atomic E-state index is -1.35. The maximum atomic E-state index is 14.2. The molecule has 1 aliphatic carbocycles. The number of amides is 2. The molecule has 43 heavy (non-hydrogen) atoms. The number of ether oxygens (including phenoxy) is 1. The summed E-state index contributed by atoms with van der Waals surface area (Å²) in [5.74, 6) is -1.97. The van der Waals surface area contributed by atoms with Crippen molar-refractivity contribution in [2.24, 2.45) is 5.92 Å². The molecule has 11 heteroatoms. The highest BCUT2D eigenvalue weighted by molar-refractivity contribution is 7.20. The lowest BCUT2D eigenvalue weighted by atomic mass is 10.0. The molecule has 226 valence electrons. The maximum Gasteiger partial charge on any atom is 0.330 e. The van der Waals surface area contributed by atoms with Gasteiger partial charge in [-0.1, -0.05) is 78.3 Å². The summed E-state index contributed by atoms with van der Waals surface area (Å²) in [6.45, 7) is 0.712. The normalized spacial score (nSPS) is 28.0. The van der Waals surface area contributed by atoms with Crippen molar-refractivity contribution in [2.75, 3.05) is 6.54 Å². The molecule has 2 aliphatic heterocycles. The molecule has 2 fully saturated rings. The molecule has 5 atom stereocenters. The Bertz CT molecular complexity index is 1530. The van der Waals surface area contributed by atoms with E-state index in [1.54, 1.807) is 11.0 Å². The first-order valence-electron chi connectivity index (χ1n) is 14.8. The summed E-state index contributed by atoms with van der Waals surface area (Å²) in [5.41, 5.74) is 0.471. The average molecular weight is 623 g/mol. The molecule has 0 radical (unpaired) electrons. The van der Waals surface area contributed by atoms with E-state index in [0.717, 1.165) is 41.5 Å². The van der Waals surface area contributed by atoms with E-state index in [4.69, 9.17) is 16.3 Å². The SMILES string of the molecule is O=C1N[C@]2(C(=O)O)C[C@H]2C=CCCCCC[C@H](NCc2ccccc2)C(=O)N2C[C@H](Oc3nc4ccc(Cl)cc4s3)C[C@@H]12. The number of fused-ring (bicyclic) bond motifs is 3. The third kappa shape index (κ3) is 6.56. The first-order chi connectivity index (χ1) is 20.8. The van der Waals surface area contributed by atoms with E-state index >= 15 is 0 Å². The predicted octanol–water partition coefficient (Wildman–Crippen LogP) is 4.94. The zero-order valence-corrected chi connectivity index (χ0v) is 25.3. The highest BCUT2D eigenvalue weighted by atomic mass is 35.5. The summed E-state index contributed by atoms with van der Waals surface area (Å²) in [4.78, 5) is 46.4. The van der Waals surface area contributed by atoms with Crippen molar-refractivity contribution in [1.29, 1.82) is 0 Å². The van der Waals surface area contributed by atoms with Gasteiger partial charge in [0.15, 0.2) is 0 Å². The van der Waals surface area contributed by atoms with Crippen molar-refractivity contribution in [1.82, 2.24) is 20.5 Å². The van der Waals surface area contributed by atoms with Gasteiger partial charge in [-0.2, -0.15) is 0 Å². The number of aliphatic carboxylic acids is 1. The van der Waals surface area contributed by atoms with Crippen LogP contribution in [0.3, 0.4) is 0 Å². The second-order valence-electron chi connectivity index (χ2n) is 11.6. The van der Waals surface area contributed by atoms with Gasteiger partial charge < -0.3 is 25.4 Å². The number of halogens is 1. The Hall–Kier alpha value is -3.47. The van der Waals surface area contributed by atoms with Gasteiger partial charge in [0.05, 0.1) is 22.8 Å². The second kappa shape index (κ2) is 12.6. The van der Waals surface area contributed by atoms with Gasteiger partial charge in [0.1, 0.15) is 17.7 Å². The predicted molar refractivity (Wildman–Crippen MR) is 165 cm³/mol. The molecule has 0 unspecified atom stereocenters. The number of benzene rings is 2. The minimum Gasteiger partial charge on any atom is -0.479 e. The van der Waals surface area contributed by atoms with Crippen LogP contribution >= 0.6 is 22.9 Å². The van der Waals surface area contributed by atoms with Gasteiger partial charge in [0, 0.05) is 23.9 Å². The van der Waals surface area contributed by atoms with Crippen LogP contribution in [-0.2, 0) is 20.9 Å². The molecule has 0 spiro atoms. The molecule has 2 amide bonds. The number of thiazole rings is 1.